The summed E-state index contributed by atoms with van der Waals surface area (Å²) in [7, 11) is 0. The van der Waals surface area contributed by atoms with Gasteiger partial charge in [-0.15, -0.1) is 0 Å². The molecule has 4 amide bonds. The van der Waals surface area contributed by atoms with Gasteiger partial charge in [-0.1, -0.05) is 13.3 Å². The van der Waals surface area contributed by atoms with Crippen LogP contribution in [0.2, 0.25) is 0 Å². The summed E-state index contributed by atoms with van der Waals surface area (Å²) in [6, 6.07) is -2.50. The molecular formula is C25H46N4O10. The van der Waals surface area contributed by atoms with Gasteiger partial charge in [0.05, 0.1) is 59.3 Å². The highest BCUT2D eigenvalue weighted by Crippen LogP contribution is 1.96. The van der Waals surface area contributed by atoms with Gasteiger partial charge >= 0.3 is 5.97 Å². The highest BCUT2D eigenvalue weighted by Gasteiger charge is 2.23. The summed E-state index contributed by atoms with van der Waals surface area (Å²) in [6.07, 6.45) is 1.90. The lowest BCUT2D eigenvalue weighted by Crippen LogP contribution is -2.54. The monoisotopic (exact) mass is 562 g/mol. The Kier molecular flexibility index (Phi) is 21.4. The van der Waals surface area contributed by atoms with Crippen molar-refractivity contribution in [3.8, 4) is 0 Å². The largest absolute Gasteiger partial charge is 0.481 e. The molecule has 0 saturated heterocycles. The molecule has 14 nitrogen and oxygen atoms in total. The van der Waals surface area contributed by atoms with Crippen LogP contribution >= 0.6 is 0 Å². The number of nitrogens with one attached hydrogen (secondary N) is 4. The summed E-state index contributed by atoms with van der Waals surface area (Å²) in [5.41, 5.74) is 0. The van der Waals surface area contributed by atoms with Gasteiger partial charge in [0.25, 0.3) is 0 Å². The van der Waals surface area contributed by atoms with E-state index in [-0.39, 0.29) is 32.1 Å². The second-order valence-electron chi connectivity index (χ2n) is 8.74. The molecule has 0 aromatic carbocycles. The van der Waals surface area contributed by atoms with Gasteiger partial charge < -0.3 is 45.3 Å². The minimum Gasteiger partial charge on any atom is -0.481 e. The van der Waals surface area contributed by atoms with Gasteiger partial charge in [0.2, 0.25) is 23.6 Å². The molecule has 0 aliphatic heterocycles. The standard InChI is InChI=1S/C25H46N4O10/c1-5-6-7-21(30)27-19(3)24(34)29-20(4)25(35)28-18(2)23(33)26-9-11-37-13-15-39-17-16-38-14-12-36-10-8-22(31)32/h18-20H,5-17H2,1-4H3,(H,26,33)(H,27,30)(H,28,35)(H,29,34)(H,31,32)/t18-,19-,20-/m0/s1. The second kappa shape index (κ2) is 23.1. The molecule has 0 aliphatic rings. The molecule has 0 unspecified atom stereocenters. The van der Waals surface area contributed by atoms with Crippen molar-refractivity contribution in [2.24, 2.45) is 0 Å². The third-order valence-electron chi connectivity index (χ3n) is 5.15. The maximum Gasteiger partial charge on any atom is 0.305 e. The van der Waals surface area contributed by atoms with Gasteiger partial charge in [0.1, 0.15) is 18.1 Å². The lowest BCUT2D eigenvalue weighted by Gasteiger charge is -2.20. The Hall–Kier alpha value is -2.81. The summed E-state index contributed by atoms with van der Waals surface area (Å²) in [5.74, 6) is -2.55. The maximum atomic E-state index is 12.3. The SMILES string of the molecule is CCCCC(=O)N[C@@H](C)C(=O)N[C@@H](C)C(=O)N[C@@H](C)C(=O)NCCOCCOCCOCCOCCC(=O)O. The van der Waals surface area contributed by atoms with Crippen molar-refractivity contribution < 1.29 is 48.0 Å². The number of carbonyl (C=O) groups is 5. The average molecular weight is 563 g/mol. The van der Waals surface area contributed by atoms with Gasteiger partial charge in [-0.2, -0.15) is 0 Å². The number of rotatable bonds is 24. The highest BCUT2D eigenvalue weighted by molar-refractivity contribution is 5.93. The average Bonchev–Trinajstić information content (AvgIpc) is 2.88. The molecule has 3 atom stereocenters. The molecule has 0 rings (SSSR count). The van der Waals surface area contributed by atoms with E-state index in [1.54, 1.807) is 0 Å². The summed E-state index contributed by atoms with van der Waals surface area (Å²) < 4.78 is 21.1. The minimum atomic E-state index is -0.904. The summed E-state index contributed by atoms with van der Waals surface area (Å²) in [4.78, 5) is 58.9. The molecule has 0 aliphatic carbocycles. The van der Waals surface area contributed by atoms with Crippen molar-refractivity contribution in [1.29, 1.82) is 0 Å². The van der Waals surface area contributed by atoms with E-state index in [4.69, 9.17) is 24.1 Å². The van der Waals surface area contributed by atoms with Crippen molar-refractivity contribution in [3.05, 3.63) is 0 Å². The number of hydrogen-bond donors (Lipinski definition) is 5. The van der Waals surface area contributed by atoms with Crippen LogP contribution in [-0.2, 0) is 42.9 Å². The van der Waals surface area contributed by atoms with Crippen LogP contribution in [-0.4, -0.2) is 112 Å². The lowest BCUT2D eigenvalue weighted by molar-refractivity contribution is -0.138. The van der Waals surface area contributed by atoms with E-state index in [0.29, 0.717) is 46.1 Å². The number of carboxylic acids is 1. The zero-order chi connectivity index (χ0) is 29.5. The van der Waals surface area contributed by atoms with Crippen LogP contribution < -0.4 is 21.3 Å². The molecular weight excluding hydrogens is 516 g/mol. The Balaban J connectivity index is 3.83. The fraction of sp³-hybridized carbons (Fsp3) is 0.800. The zero-order valence-electron chi connectivity index (χ0n) is 23.5. The van der Waals surface area contributed by atoms with E-state index in [1.165, 1.54) is 20.8 Å². The van der Waals surface area contributed by atoms with E-state index in [2.05, 4.69) is 21.3 Å². The molecule has 0 radical (unpaired) electrons. The number of carbonyl (C=O) groups excluding carboxylic acids is 4. The predicted octanol–water partition coefficient (Wildman–Crippen LogP) is -0.652. The number of amides is 4. The Labute approximate surface area is 230 Å². The molecule has 226 valence electrons. The first-order chi connectivity index (χ1) is 18.6. The maximum absolute atomic E-state index is 12.3. The first-order valence-electron chi connectivity index (χ1n) is 13.3. The second-order valence-corrected chi connectivity index (χ2v) is 8.74. The van der Waals surface area contributed by atoms with Gasteiger partial charge in [-0.05, 0) is 27.2 Å². The summed E-state index contributed by atoms with van der Waals surface area (Å²) in [6.45, 7) is 9.27. The van der Waals surface area contributed by atoms with Crippen LogP contribution in [0, 0.1) is 0 Å². The van der Waals surface area contributed by atoms with E-state index in [9.17, 15) is 24.0 Å². The molecule has 0 saturated carbocycles. The third-order valence-corrected chi connectivity index (χ3v) is 5.15. The molecule has 0 fully saturated rings. The Morgan fingerprint density at radius 3 is 1.54 bits per heavy atom. The molecule has 0 spiro atoms. The fourth-order valence-corrected chi connectivity index (χ4v) is 2.85. The van der Waals surface area contributed by atoms with E-state index >= 15 is 0 Å². The number of aliphatic carboxylic acids is 1. The van der Waals surface area contributed by atoms with Crippen molar-refractivity contribution in [3.63, 3.8) is 0 Å². The van der Waals surface area contributed by atoms with Crippen LogP contribution in [0.15, 0.2) is 0 Å². The molecule has 14 heteroatoms. The zero-order valence-corrected chi connectivity index (χ0v) is 23.5. The van der Waals surface area contributed by atoms with Gasteiger partial charge in [0.15, 0.2) is 0 Å². The number of ether oxygens (including phenoxy) is 4. The van der Waals surface area contributed by atoms with E-state index in [0.717, 1.165) is 12.8 Å². The molecule has 5 N–H and O–H groups in total. The van der Waals surface area contributed by atoms with E-state index in [1.807, 2.05) is 6.92 Å². The minimum absolute atomic E-state index is 0.0365. The molecule has 39 heavy (non-hydrogen) atoms. The third kappa shape index (κ3) is 20.8. The first kappa shape index (κ1) is 36.2. The van der Waals surface area contributed by atoms with E-state index < -0.39 is 41.8 Å². The molecule has 0 bridgehead atoms. The Morgan fingerprint density at radius 2 is 1.05 bits per heavy atom. The number of carboxylic acid groups (broad SMARTS) is 1. The van der Waals surface area contributed by atoms with Crippen LogP contribution in [0.1, 0.15) is 53.4 Å². The van der Waals surface area contributed by atoms with Gasteiger partial charge in [-0.25, -0.2) is 0 Å². The van der Waals surface area contributed by atoms with Crippen LogP contribution in [0.4, 0.5) is 0 Å². The summed E-state index contributed by atoms with van der Waals surface area (Å²) >= 11 is 0. The predicted molar refractivity (Wildman–Crippen MR) is 141 cm³/mol. The van der Waals surface area contributed by atoms with Crippen LogP contribution in [0.5, 0.6) is 0 Å². The topological polar surface area (TPSA) is 191 Å². The molecule has 0 heterocycles. The van der Waals surface area contributed by atoms with Crippen molar-refractivity contribution in [2.45, 2.75) is 71.5 Å². The first-order valence-corrected chi connectivity index (χ1v) is 13.3. The lowest BCUT2D eigenvalue weighted by atomic mass is 10.2. The number of hydrogen-bond acceptors (Lipinski definition) is 9. The van der Waals surface area contributed by atoms with Crippen molar-refractivity contribution in [2.75, 3.05) is 59.4 Å². The Bertz CT molecular complexity index is 738. The number of unbranched alkanes of at least 4 members (excludes halogenated alkanes) is 1. The van der Waals surface area contributed by atoms with Crippen molar-refractivity contribution >= 4 is 29.6 Å². The molecule has 0 aromatic heterocycles. The fourth-order valence-electron chi connectivity index (χ4n) is 2.85. The Morgan fingerprint density at radius 1 is 0.615 bits per heavy atom. The highest BCUT2D eigenvalue weighted by atomic mass is 16.6. The quantitative estimate of drug-likeness (QED) is 0.0945. The smallest absolute Gasteiger partial charge is 0.305 e. The van der Waals surface area contributed by atoms with Crippen molar-refractivity contribution in [1.82, 2.24) is 21.3 Å². The normalized spacial score (nSPS) is 13.1. The molecule has 0 aromatic rings. The summed E-state index contributed by atoms with van der Waals surface area (Å²) in [5, 5.41) is 18.8. The van der Waals surface area contributed by atoms with Gasteiger partial charge in [-0.3, -0.25) is 24.0 Å². The van der Waals surface area contributed by atoms with Gasteiger partial charge in [0, 0.05) is 13.0 Å². The van der Waals surface area contributed by atoms with Crippen LogP contribution in [0.25, 0.3) is 0 Å². The van der Waals surface area contributed by atoms with Crippen LogP contribution in [0.3, 0.4) is 0 Å².